The zero-order chi connectivity index (χ0) is 17.2. The lowest BCUT2D eigenvalue weighted by atomic mass is 10.1. The molecule has 0 bridgehead atoms. The summed E-state index contributed by atoms with van der Waals surface area (Å²) in [7, 11) is 0. The SMILES string of the molecule is O=C(C(=O)N1CCC(Oc2ccccn2)C1)c1c[nH]c2ccccc12. The third-order valence-corrected chi connectivity index (χ3v) is 4.39. The van der Waals surface area contributed by atoms with Gasteiger partial charge in [-0.1, -0.05) is 24.3 Å². The van der Waals surface area contributed by atoms with Gasteiger partial charge in [-0.3, -0.25) is 9.59 Å². The van der Waals surface area contributed by atoms with Crippen LogP contribution in [0.3, 0.4) is 0 Å². The largest absolute Gasteiger partial charge is 0.472 e. The molecular formula is C19H17N3O3. The van der Waals surface area contributed by atoms with Crippen molar-refractivity contribution in [1.82, 2.24) is 14.9 Å². The van der Waals surface area contributed by atoms with Crippen molar-refractivity contribution in [2.45, 2.75) is 12.5 Å². The standard InChI is InChI=1S/C19H17N3O3/c23-18(15-11-21-16-6-2-1-5-14(15)16)19(24)22-10-8-13(12-22)25-17-7-3-4-9-20-17/h1-7,9,11,13,21H,8,10,12H2. The Bertz CT molecular complexity index is 920. The normalized spacial score (nSPS) is 17.0. The molecule has 1 amide bonds. The molecule has 1 N–H and O–H groups in total. The molecule has 6 nitrogen and oxygen atoms in total. The number of carbonyl (C=O) groups is 2. The smallest absolute Gasteiger partial charge is 0.295 e. The van der Waals surface area contributed by atoms with E-state index >= 15 is 0 Å². The molecule has 4 rings (SSSR count). The van der Waals surface area contributed by atoms with Crippen molar-refractivity contribution in [3.63, 3.8) is 0 Å². The maximum Gasteiger partial charge on any atom is 0.295 e. The molecule has 6 heteroatoms. The second-order valence-electron chi connectivity index (χ2n) is 6.02. The predicted molar refractivity (Wildman–Crippen MR) is 92.5 cm³/mol. The van der Waals surface area contributed by atoms with Gasteiger partial charge in [-0.05, 0) is 12.1 Å². The maximum absolute atomic E-state index is 12.6. The molecule has 1 atom stereocenters. The van der Waals surface area contributed by atoms with Crippen molar-refractivity contribution in [3.8, 4) is 5.88 Å². The van der Waals surface area contributed by atoms with Crippen LogP contribution in [0.2, 0.25) is 0 Å². The van der Waals surface area contributed by atoms with Crippen molar-refractivity contribution in [1.29, 1.82) is 0 Å². The first-order chi connectivity index (χ1) is 12.2. The average molecular weight is 335 g/mol. The third-order valence-electron chi connectivity index (χ3n) is 4.39. The van der Waals surface area contributed by atoms with Crippen molar-refractivity contribution in [2.24, 2.45) is 0 Å². The molecule has 1 aliphatic heterocycles. The number of fused-ring (bicyclic) bond motifs is 1. The van der Waals surface area contributed by atoms with Crippen LogP contribution in [0.15, 0.2) is 54.9 Å². The van der Waals surface area contributed by atoms with E-state index in [1.54, 1.807) is 23.4 Å². The molecule has 3 heterocycles. The minimum absolute atomic E-state index is 0.144. The molecule has 3 aromatic rings. The predicted octanol–water partition coefficient (Wildman–Crippen LogP) is 2.43. The van der Waals surface area contributed by atoms with Crippen molar-refractivity contribution in [3.05, 3.63) is 60.4 Å². The number of likely N-dealkylation sites (tertiary alicyclic amines) is 1. The number of aromatic amines is 1. The summed E-state index contributed by atoms with van der Waals surface area (Å²) in [6, 6.07) is 12.9. The molecule has 0 aliphatic carbocycles. The van der Waals surface area contributed by atoms with Gasteiger partial charge in [0.1, 0.15) is 6.10 Å². The van der Waals surface area contributed by atoms with E-state index in [0.29, 0.717) is 31.0 Å². The lowest BCUT2D eigenvalue weighted by molar-refractivity contribution is -0.125. The van der Waals surface area contributed by atoms with E-state index in [4.69, 9.17) is 4.74 Å². The number of rotatable bonds is 4. The molecule has 0 saturated carbocycles. The van der Waals surface area contributed by atoms with Gasteiger partial charge in [-0.15, -0.1) is 0 Å². The van der Waals surface area contributed by atoms with Gasteiger partial charge in [-0.2, -0.15) is 0 Å². The zero-order valence-electron chi connectivity index (χ0n) is 13.5. The van der Waals surface area contributed by atoms with E-state index in [1.807, 2.05) is 36.4 Å². The first-order valence-electron chi connectivity index (χ1n) is 8.20. The summed E-state index contributed by atoms with van der Waals surface area (Å²) in [5.74, 6) is -0.447. The number of nitrogens with zero attached hydrogens (tertiary/aromatic N) is 2. The van der Waals surface area contributed by atoms with Crippen LogP contribution in [-0.2, 0) is 4.79 Å². The molecule has 126 valence electrons. The van der Waals surface area contributed by atoms with Gasteiger partial charge in [0.2, 0.25) is 5.88 Å². The second kappa shape index (κ2) is 6.39. The molecule has 0 radical (unpaired) electrons. The highest BCUT2D eigenvalue weighted by atomic mass is 16.5. The van der Waals surface area contributed by atoms with Crippen LogP contribution in [0.1, 0.15) is 16.8 Å². The Morgan fingerprint density at radius 2 is 2.00 bits per heavy atom. The van der Waals surface area contributed by atoms with E-state index < -0.39 is 11.7 Å². The Labute approximate surface area is 144 Å². The first kappa shape index (κ1) is 15.4. The summed E-state index contributed by atoms with van der Waals surface area (Å²) < 4.78 is 5.77. The number of para-hydroxylation sites is 1. The van der Waals surface area contributed by atoms with Gasteiger partial charge in [-0.25, -0.2) is 4.98 Å². The van der Waals surface area contributed by atoms with E-state index in [-0.39, 0.29) is 6.10 Å². The molecular weight excluding hydrogens is 318 g/mol. The average Bonchev–Trinajstić information content (AvgIpc) is 3.28. The van der Waals surface area contributed by atoms with Crippen molar-refractivity contribution >= 4 is 22.6 Å². The lowest BCUT2D eigenvalue weighted by Gasteiger charge is -2.16. The van der Waals surface area contributed by atoms with Gasteiger partial charge < -0.3 is 14.6 Å². The Balaban J connectivity index is 1.45. The number of benzene rings is 1. The Kier molecular flexibility index (Phi) is 3.93. The lowest BCUT2D eigenvalue weighted by Crippen LogP contribution is -2.36. The Morgan fingerprint density at radius 3 is 2.84 bits per heavy atom. The minimum atomic E-state index is -0.490. The number of aromatic nitrogens is 2. The fourth-order valence-electron chi connectivity index (χ4n) is 3.11. The number of pyridine rings is 1. The maximum atomic E-state index is 12.6. The molecule has 1 saturated heterocycles. The highest BCUT2D eigenvalue weighted by molar-refractivity contribution is 6.44. The van der Waals surface area contributed by atoms with E-state index in [1.165, 1.54) is 0 Å². The molecule has 1 unspecified atom stereocenters. The second-order valence-corrected chi connectivity index (χ2v) is 6.02. The zero-order valence-corrected chi connectivity index (χ0v) is 13.5. The number of ether oxygens (including phenoxy) is 1. The molecule has 2 aromatic heterocycles. The summed E-state index contributed by atoms with van der Waals surface area (Å²) in [5, 5.41) is 0.765. The number of nitrogens with one attached hydrogen (secondary N) is 1. The van der Waals surface area contributed by atoms with E-state index in [9.17, 15) is 9.59 Å². The highest BCUT2D eigenvalue weighted by Crippen LogP contribution is 2.21. The number of hydrogen-bond acceptors (Lipinski definition) is 4. The number of ketones is 1. The van der Waals surface area contributed by atoms with Crippen LogP contribution in [0.5, 0.6) is 5.88 Å². The number of hydrogen-bond donors (Lipinski definition) is 1. The number of carbonyl (C=O) groups excluding carboxylic acids is 2. The fraction of sp³-hybridized carbons (Fsp3) is 0.211. The van der Waals surface area contributed by atoms with E-state index in [0.717, 1.165) is 10.9 Å². The van der Waals surface area contributed by atoms with Crippen molar-refractivity contribution < 1.29 is 14.3 Å². The van der Waals surface area contributed by atoms with Crippen molar-refractivity contribution in [2.75, 3.05) is 13.1 Å². The Morgan fingerprint density at radius 1 is 1.16 bits per heavy atom. The van der Waals surface area contributed by atoms with Crippen LogP contribution in [-0.4, -0.2) is 45.8 Å². The van der Waals surface area contributed by atoms with Gasteiger partial charge >= 0.3 is 0 Å². The fourth-order valence-corrected chi connectivity index (χ4v) is 3.11. The molecule has 1 fully saturated rings. The first-order valence-corrected chi connectivity index (χ1v) is 8.20. The van der Waals surface area contributed by atoms with Crippen LogP contribution in [0.25, 0.3) is 10.9 Å². The summed E-state index contributed by atoms with van der Waals surface area (Å²) in [6.45, 7) is 0.897. The van der Waals surface area contributed by atoms with Crippen LogP contribution in [0, 0.1) is 0 Å². The third kappa shape index (κ3) is 2.98. The van der Waals surface area contributed by atoms with Crippen LogP contribution < -0.4 is 4.74 Å². The van der Waals surface area contributed by atoms with Gasteiger partial charge in [0.25, 0.3) is 11.7 Å². The quantitative estimate of drug-likeness (QED) is 0.587. The monoisotopic (exact) mass is 335 g/mol. The van der Waals surface area contributed by atoms with Gasteiger partial charge in [0.15, 0.2) is 0 Å². The van der Waals surface area contributed by atoms with Crippen LogP contribution >= 0.6 is 0 Å². The number of Topliss-reactive ketones (excluding diaryl/α,β-unsaturated/α-hetero) is 1. The molecule has 25 heavy (non-hydrogen) atoms. The summed E-state index contributed by atoms with van der Waals surface area (Å²) >= 11 is 0. The summed E-state index contributed by atoms with van der Waals surface area (Å²) in [5.41, 5.74) is 1.26. The highest BCUT2D eigenvalue weighted by Gasteiger charge is 2.32. The summed E-state index contributed by atoms with van der Waals surface area (Å²) in [4.78, 5) is 33.9. The van der Waals surface area contributed by atoms with E-state index in [2.05, 4.69) is 9.97 Å². The molecule has 0 spiro atoms. The van der Waals surface area contributed by atoms with Crippen LogP contribution in [0.4, 0.5) is 0 Å². The minimum Gasteiger partial charge on any atom is -0.472 e. The molecule has 1 aliphatic rings. The number of amides is 1. The molecule has 1 aromatic carbocycles. The summed E-state index contributed by atoms with van der Waals surface area (Å²) in [6.07, 6.45) is 3.80. The number of H-pyrrole nitrogens is 1. The van der Waals surface area contributed by atoms with Gasteiger partial charge in [0.05, 0.1) is 12.1 Å². The van der Waals surface area contributed by atoms with Gasteiger partial charge in [0, 0.05) is 42.3 Å². The topological polar surface area (TPSA) is 75.3 Å². The Hall–Kier alpha value is -3.15.